The molecule has 4 nitrogen and oxygen atoms in total. The van der Waals surface area contributed by atoms with Crippen LogP contribution in [0.25, 0.3) is 10.8 Å². The van der Waals surface area contributed by atoms with Gasteiger partial charge in [0.1, 0.15) is 0 Å². The van der Waals surface area contributed by atoms with Gasteiger partial charge in [0.05, 0.1) is 0 Å². The van der Waals surface area contributed by atoms with Gasteiger partial charge in [-0.3, -0.25) is 9.78 Å². The van der Waals surface area contributed by atoms with Gasteiger partial charge in [-0.1, -0.05) is 18.6 Å². The third-order valence-corrected chi connectivity index (χ3v) is 5.60. The van der Waals surface area contributed by atoms with Crippen LogP contribution in [0.3, 0.4) is 0 Å². The highest BCUT2D eigenvalue weighted by atomic mass is 16.1. The lowest BCUT2D eigenvalue weighted by atomic mass is 9.67. The third-order valence-electron chi connectivity index (χ3n) is 5.60. The second-order valence-electron chi connectivity index (χ2n) is 7.08. The van der Waals surface area contributed by atoms with Gasteiger partial charge in [0.25, 0.3) is 5.91 Å². The van der Waals surface area contributed by atoms with Crippen LogP contribution in [0.2, 0.25) is 0 Å². The smallest absolute Gasteiger partial charge is 0.252 e. The van der Waals surface area contributed by atoms with E-state index in [0.717, 1.165) is 29.2 Å². The summed E-state index contributed by atoms with van der Waals surface area (Å²) in [5.41, 5.74) is 6.93. The van der Waals surface area contributed by atoms with Crippen LogP contribution >= 0.6 is 0 Å². The lowest BCUT2D eigenvalue weighted by Gasteiger charge is -2.45. The van der Waals surface area contributed by atoms with Gasteiger partial charge in [-0.15, -0.1) is 0 Å². The first-order valence-electron chi connectivity index (χ1n) is 8.61. The number of carbonyl (C=O) groups is 1. The monoisotopic (exact) mass is 309 g/mol. The Morgan fingerprint density at radius 3 is 2.74 bits per heavy atom. The molecule has 1 aromatic heterocycles. The number of nitrogens with one attached hydrogen (secondary N) is 1. The molecule has 2 fully saturated rings. The zero-order chi connectivity index (χ0) is 15.8. The summed E-state index contributed by atoms with van der Waals surface area (Å²) in [7, 11) is 0. The van der Waals surface area contributed by atoms with Crippen LogP contribution in [0.1, 0.15) is 42.5 Å². The molecule has 3 N–H and O–H groups in total. The highest BCUT2D eigenvalue weighted by Crippen LogP contribution is 2.39. The van der Waals surface area contributed by atoms with Gasteiger partial charge in [0.2, 0.25) is 0 Å². The molecule has 1 heterocycles. The van der Waals surface area contributed by atoms with Crippen molar-refractivity contribution in [3.63, 3.8) is 0 Å². The Balaban J connectivity index is 1.60. The molecule has 4 heteroatoms. The molecule has 0 aliphatic heterocycles. The summed E-state index contributed by atoms with van der Waals surface area (Å²) in [6.07, 6.45) is 9.29. The van der Waals surface area contributed by atoms with Crippen LogP contribution in [0.15, 0.2) is 36.7 Å². The van der Waals surface area contributed by atoms with Crippen molar-refractivity contribution in [2.75, 3.05) is 0 Å². The minimum Gasteiger partial charge on any atom is -0.349 e. The predicted molar refractivity (Wildman–Crippen MR) is 91.0 cm³/mol. The molecule has 2 aromatic rings. The number of carbonyl (C=O) groups excluding carboxylic acids is 1. The van der Waals surface area contributed by atoms with Gasteiger partial charge in [-0.25, -0.2) is 0 Å². The summed E-state index contributed by atoms with van der Waals surface area (Å²) in [6, 6.07) is 8.34. The zero-order valence-corrected chi connectivity index (χ0v) is 13.2. The van der Waals surface area contributed by atoms with Gasteiger partial charge >= 0.3 is 0 Å². The quantitative estimate of drug-likeness (QED) is 0.896. The van der Waals surface area contributed by atoms with Crippen molar-refractivity contribution in [3.05, 3.63) is 42.2 Å². The molecule has 2 saturated carbocycles. The second kappa shape index (κ2) is 5.93. The van der Waals surface area contributed by atoms with Gasteiger partial charge < -0.3 is 11.1 Å². The van der Waals surface area contributed by atoms with E-state index >= 15 is 0 Å². The van der Waals surface area contributed by atoms with Crippen molar-refractivity contribution in [3.8, 4) is 0 Å². The molecule has 2 bridgehead atoms. The average molecular weight is 309 g/mol. The van der Waals surface area contributed by atoms with Crippen LogP contribution in [0, 0.1) is 11.8 Å². The molecule has 2 aliphatic rings. The van der Waals surface area contributed by atoms with Crippen molar-refractivity contribution in [2.24, 2.45) is 17.6 Å². The zero-order valence-electron chi connectivity index (χ0n) is 13.2. The molecule has 0 saturated heterocycles. The minimum atomic E-state index is 0.0409. The van der Waals surface area contributed by atoms with E-state index in [2.05, 4.69) is 10.3 Å². The Morgan fingerprint density at radius 1 is 1.17 bits per heavy atom. The maximum Gasteiger partial charge on any atom is 0.252 e. The van der Waals surface area contributed by atoms with E-state index in [4.69, 9.17) is 5.73 Å². The number of benzene rings is 1. The van der Waals surface area contributed by atoms with E-state index in [1.807, 2.05) is 24.3 Å². The molecule has 2 aliphatic carbocycles. The average Bonchev–Trinajstić information content (AvgIpc) is 2.55. The lowest BCUT2D eigenvalue weighted by molar-refractivity contribution is 0.0757. The summed E-state index contributed by atoms with van der Waals surface area (Å²) >= 11 is 0. The molecular weight excluding hydrogens is 286 g/mol. The summed E-state index contributed by atoms with van der Waals surface area (Å²) < 4.78 is 0. The van der Waals surface area contributed by atoms with Crippen LogP contribution in [-0.4, -0.2) is 23.0 Å². The molecule has 23 heavy (non-hydrogen) atoms. The molecule has 4 rings (SSSR count). The number of rotatable bonds is 2. The van der Waals surface area contributed by atoms with E-state index < -0.39 is 0 Å². The Bertz CT molecular complexity index is 710. The van der Waals surface area contributed by atoms with E-state index in [9.17, 15) is 4.79 Å². The number of pyridine rings is 1. The third kappa shape index (κ3) is 2.72. The SMILES string of the molecule is NC1CC2CCCC(C1)C2NC(=O)c1cccc2cnccc12. The number of aromatic nitrogens is 1. The first kappa shape index (κ1) is 14.6. The number of hydrogen-bond acceptors (Lipinski definition) is 3. The van der Waals surface area contributed by atoms with Crippen molar-refractivity contribution < 1.29 is 4.79 Å². The van der Waals surface area contributed by atoms with Crippen molar-refractivity contribution >= 4 is 16.7 Å². The number of fused-ring (bicyclic) bond motifs is 3. The summed E-state index contributed by atoms with van der Waals surface area (Å²) in [4.78, 5) is 17.0. The summed E-state index contributed by atoms with van der Waals surface area (Å²) in [5.74, 6) is 1.12. The summed E-state index contributed by atoms with van der Waals surface area (Å²) in [6.45, 7) is 0. The van der Waals surface area contributed by atoms with Crippen LogP contribution < -0.4 is 11.1 Å². The van der Waals surface area contributed by atoms with E-state index in [0.29, 0.717) is 17.9 Å². The first-order valence-corrected chi connectivity index (χ1v) is 8.61. The molecule has 1 aromatic carbocycles. The maximum absolute atomic E-state index is 12.9. The number of amides is 1. The number of nitrogens with zero attached hydrogens (tertiary/aromatic N) is 1. The summed E-state index contributed by atoms with van der Waals surface area (Å²) in [5, 5.41) is 5.31. The van der Waals surface area contributed by atoms with Crippen LogP contribution in [-0.2, 0) is 0 Å². The van der Waals surface area contributed by atoms with Crippen molar-refractivity contribution in [1.82, 2.24) is 10.3 Å². The molecule has 2 unspecified atom stereocenters. The number of hydrogen-bond donors (Lipinski definition) is 2. The van der Waals surface area contributed by atoms with Crippen molar-refractivity contribution in [1.29, 1.82) is 0 Å². The van der Waals surface area contributed by atoms with Gasteiger partial charge in [-0.05, 0) is 55.0 Å². The molecule has 0 spiro atoms. The van der Waals surface area contributed by atoms with Crippen LogP contribution in [0.4, 0.5) is 0 Å². The van der Waals surface area contributed by atoms with E-state index in [-0.39, 0.29) is 11.9 Å². The fourth-order valence-corrected chi connectivity index (χ4v) is 4.57. The molecule has 120 valence electrons. The van der Waals surface area contributed by atoms with E-state index in [1.54, 1.807) is 12.4 Å². The standard InChI is InChI=1S/C19H23N3O/c20-15-9-12-3-1-4-13(10-15)18(12)22-19(23)17-6-2-5-14-11-21-8-7-16(14)17/h2,5-8,11-13,15,18H,1,3-4,9-10,20H2,(H,22,23). The largest absolute Gasteiger partial charge is 0.349 e. The Labute approximate surface area is 136 Å². The molecular formula is C19H23N3O. The Hall–Kier alpha value is -1.94. The molecule has 0 radical (unpaired) electrons. The highest BCUT2D eigenvalue weighted by molar-refractivity contribution is 6.06. The van der Waals surface area contributed by atoms with Crippen LogP contribution in [0.5, 0.6) is 0 Å². The first-order chi connectivity index (χ1) is 11.2. The highest BCUT2D eigenvalue weighted by Gasteiger charge is 2.40. The minimum absolute atomic E-state index is 0.0409. The fourth-order valence-electron chi connectivity index (χ4n) is 4.57. The molecule has 1 amide bonds. The maximum atomic E-state index is 12.9. The lowest BCUT2D eigenvalue weighted by Crippen LogP contribution is -2.53. The van der Waals surface area contributed by atoms with Gasteiger partial charge in [0, 0.05) is 35.4 Å². The topological polar surface area (TPSA) is 68.0 Å². The fraction of sp³-hybridized carbons (Fsp3) is 0.474. The Kier molecular flexibility index (Phi) is 3.77. The van der Waals surface area contributed by atoms with Crippen molar-refractivity contribution in [2.45, 2.75) is 44.2 Å². The van der Waals surface area contributed by atoms with Gasteiger partial charge in [0.15, 0.2) is 0 Å². The molecule has 2 atom stereocenters. The predicted octanol–water partition coefficient (Wildman–Crippen LogP) is 2.87. The number of nitrogens with two attached hydrogens (primary N) is 1. The van der Waals surface area contributed by atoms with Gasteiger partial charge in [-0.2, -0.15) is 0 Å². The normalized spacial score (nSPS) is 30.1. The van der Waals surface area contributed by atoms with E-state index in [1.165, 1.54) is 19.3 Å². The second-order valence-corrected chi connectivity index (χ2v) is 7.08. The Morgan fingerprint density at radius 2 is 1.96 bits per heavy atom.